The predicted molar refractivity (Wildman–Crippen MR) is 98.1 cm³/mol. The SMILES string of the molecule is COc1ccc(OCc2cc(C(=O)N3CCOCC3)no2)c2ccccc12. The molecule has 140 valence electrons. The van der Waals surface area contributed by atoms with Crippen LogP contribution in [-0.4, -0.2) is 49.4 Å². The van der Waals surface area contributed by atoms with E-state index < -0.39 is 0 Å². The molecule has 0 atom stereocenters. The fourth-order valence-electron chi connectivity index (χ4n) is 3.11. The maximum Gasteiger partial charge on any atom is 0.276 e. The average molecular weight is 368 g/mol. The van der Waals surface area contributed by atoms with E-state index in [1.807, 2.05) is 36.4 Å². The Morgan fingerprint density at radius 1 is 1.11 bits per heavy atom. The Morgan fingerprint density at radius 3 is 2.56 bits per heavy atom. The molecule has 0 saturated carbocycles. The van der Waals surface area contributed by atoms with Crippen molar-refractivity contribution in [1.29, 1.82) is 0 Å². The van der Waals surface area contributed by atoms with E-state index in [4.69, 9.17) is 18.7 Å². The molecule has 27 heavy (non-hydrogen) atoms. The summed E-state index contributed by atoms with van der Waals surface area (Å²) in [5, 5.41) is 5.80. The molecule has 0 spiro atoms. The smallest absolute Gasteiger partial charge is 0.276 e. The standard InChI is InChI=1S/C20H20N2O5/c1-24-18-6-7-19(16-5-3-2-4-15(16)18)26-13-14-12-17(21-27-14)20(23)22-8-10-25-11-9-22/h2-7,12H,8-11,13H2,1H3. The van der Waals surface area contributed by atoms with Gasteiger partial charge in [0.05, 0.1) is 20.3 Å². The lowest BCUT2D eigenvalue weighted by molar-refractivity contribution is 0.0296. The second kappa shape index (κ2) is 7.67. The lowest BCUT2D eigenvalue weighted by Crippen LogP contribution is -2.40. The van der Waals surface area contributed by atoms with Gasteiger partial charge in [-0.2, -0.15) is 0 Å². The zero-order chi connectivity index (χ0) is 18.6. The average Bonchev–Trinajstić information content (AvgIpc) is 3.21. The molecule has 1 saturated heterocycles. The zero-order valence-corrected chi connectivity index (χ0v) is 15.0. The highest BCUT2D eigenvalue weighted by Gasteiger charge is 2.22. The van der Waals surface area contributed by atoms with Gasteiger partial charge >= 0.3 is 0 Å². The highest BCUT2D eigenvalue weighted by atomic mass is 16.5. The van der Waals surface area contributed by atoms with Crippen molar-refractivity contribution in [3.05, 3.63) is 53.9 Å². The van der Waals surface area contributed by atoms with Gasteiger partial charge < -0.3 is 23.6 Å². The van der Waals surface area contributed by atoms with Gasteiger partial charge in [0, 0.05) is 29.9 Å². The zero-order valence-electron chi connectivity index (χ0n) is 15.0. The molecule has 7 heteroatoms. The van der Waals surface area contributed by atoms with Gasteiger partial charge in [0.25, 0.3) is 5.91 Å². The van der Waals surface area contributed by atoms with E-state index in [0.29, 0.717) is 37.8 Å². The van der Waals surface area contributed by atoms with E-state index >= 15 is 0 Å². The lowest BCUT2D eigenvalue weighted by atomic mass is 10.1. The number of rotatable bonds is 5. The van der Waals surface area contributed by atoms with Crippen LogP contribution in [0.15, 0.2) is 47.0 Å². The van der Waals surface area contributed by atoms with Crippen molar-refractivity contribution in [3.8, 4) is 11.5 Å². The maximum atomic E-state index is 12.4. The molecule has 0 aliphatic carbocycles. The summed E-state index contributed by atoms with van der Waals surface area (Å²) in [6.45, 7) is 2.40. The Kier molecular flexibility index (Phi) is 4.93. The number of amides is 1. The van der Waals surface area contributed by atoms with Crippen molar-refractivity contribution in [2.45, 2.75) is 6.61 Å². The topological polar surface area (TPSA) is 74.0 Å². The quantitative estimate of drug-likeness (QED) is 0.689. The Hall–Kier alpha value is -3.06. The molecule has 4 rings (SSSR count). The van der Waals surface area contributed by atoms with Crippen molar-refractivity contribution < 1.29 is 23.5 Å². The number of nitrogens with zero attached hydrogens (tertiary/aromatic N) is 2. The summed E-state index contributed by atoms with van der Waals surface area (Å²) in [5.74, 6) is 1.84. The molecule has 2 aromatic carbocycles. The highest BCUT2D eigenvalue weighted by Crippen LogP contribution is 2.33. The predicted octanol–water partition coefficient (Wildman–Crippen LogP) is 2.89. The summed E-state index contributed by atoms with van der Waals surface area (Å²) in [6.07, 6.45) is 0. The van der Waals surface area contributed by atoms with Crippen LogP contribution in [0.1, 0.15) is 16.2 Å². The van der Waals surface area contributed by atoms with Crippen LogP contribution in [-0.2, 0) is 11.3 Å². The lowest BCUT2D eigenvalue weighted by Gasteiger charge is -2.25. The van der Waals surface area contributed by atoms with Gasteiger partial charge in [0.15, 0.2) is 11.5 Å². The number of aromatic nitrogens is 1. The summed E-state index contributed by atoms with van der Waals surface area (Å²) in [4.78, 5) is 14.1. The maximum absolute atomic E-state index is 12.4. The van der Waals surface area contributed by atoms with Crippen LogP contribution in [0.4, 0.5) is 0 Å². The molecule has 0 radical (unpaired) electrons. The fourth-order valence-corrected chi connectivity index (χ4v) is 3.11. The third-order valence-electron chi connectivity index (χ3n) is 4.51. The largest absolute Gasteiger partial charge is 0.496 e. The highest BCUT2D eigenvalue weighted by molar-refractivity contribution is 5.93. The number of carbonyl (C=O) groups excluding carboxylic acids is 1. The third-order valence-corrected chi connectivity index (χ3v) is 4.51. The first-order valence-corrected chi connectivity index (χ1v) is 8.77. The molecule has 1 amide bonds. The molecular weight excluding hydrogens is 348 g/mol. The summed E-state index contributed by atoms with van der Waals surface area (Å²) in [6, 6.07) is 13.2. The fraction of sp³-hybridized carbons (Fsp3) is 0.300. The molecule has 1 aliphatic heterocycles. The van der Waals surface area contributed by atoms with E-state index in [0.717, 1.165) is 16.5 Å². The van der Waals surface area contributed by atoms with Crippen LogP contribution in [0.25, 0.3) is 10.8 Å². The number of ether oxygens (including phenoxy) is 3. The number of benzene rings is 2. The van der Waals surface area contributed by atoms with Gasteiger partial charge in [-0.3, -0.25) is 4.79 Å². The van der Waals surface area contributed by atoms with Crippen molar-refractivity contribution in [3.63, 3.8) is 0 Å². The Balaban J connectivity index is 1.48. The molecule has 1 aliphatic rings. The van der Waals surface area contributed by atoms with Gasteiger partial charge in [-0.05, 0) is 12.1 Å². The van der Waals surface area contributed by atoms with Gasteiger partial charge in [0.2, 0.25) is 0 Å². The molecular formula is C20H20N2O5. The van der Waals surface area contributed by atoms with Crippen LogP contribution in [0.2, 0.25) is 0 Å². The van der Waals surface area contributed by atoms with Gasteiger partial charge in [-0.25, -0.2) is 0 Å². The molecule has 0 N–H and O–H groups in total. The summed E-state index contributed by atoms with van der Waals surface area (Å²) in [7, 11) is 1.64. The van der Waals surface area contributed by atoms with Crippen LogP contribution in [0.3, 0.4) is 0 Å². The number of fused-ring (bicyclic) bond motifs is 1. The Labute approximate surface area is 156 Å². The molecule has 7 nitrogen and oxygen atoms in total. The monoisotopic (exact) mass is 368 g/mol. The van der Waals surface area contributed by atoms with Crippen molar-refractivity contribution in [1.82, 2.24) is 10.1 Å². The minimum atomic E-state index is -0.150. The molecule has 2 heterocycles. The van der Waals surface area contributed by atoms with Crippen molar-refractivity contribution >= 4 is 16.7 Å². The minimum Gasteiger partial charge on any atom is -0.496 e. The molecule has 0 bridgehead atoms. The van der Waals surface area contributed by atoms with Gasteiger partial charge in [-0.1, -0.05) is 29.4 Å². The Morgan fingerprint density at radius 2 is 1.81 bits per heavy atom. The van der Waals surface area contributed by atoms with Gasteiger partial charge in [-0.15, -0.1) is 0 Å². The van der Waals surface area contributed by atoms with Crippen LogP contribution < -0.4 is 9.47 Å². The second-order valence-corrected chi connectivity index (χ2v) is 6.18. The van der Waals surface area contributed by atoms with Crippen molar-refractivity contribution in [2.75, 3.05) is 33.4 Å². The first-order chi connectivity index (χ1) is 13.3. The third kappa shape index (κ3) is 3.59. The summed E-state index contributed by atoms with van der Waals surface area (Å²) in [5.41, 5.74) is 0.287. The number of methoxy groups -OCH3 is 1. The van der Waals surface area contributed by atoms with Crippen LogP contribution >= 0.6 is 0 Å². The number of carbonyl (C=O) groups is 1. The Bertz CT molecular complexity index is 946. The van der Waals surface area contributed by atoms with Crippen LogP contribution in [0.5, 0.6) is 11.5 Å². The molecule has 1 aromatic heterocycles. The number of hydrogen-bond acceptors (Lipinski definition) is 6. The summed E-state index contributed by atoms with van der Waals surface area (Å²) < 4.78 is 21.8. The first-order valence-electron chi connectivity index (χ1n) is 8.77. The number of hydrogen-bond donors (Lipinski definition) is 0. The molecule has 1 fully saturated rings. The summed E-state index contributed by atoms with van der Waals surface area (Å²) >= 11 is 0. The van der Waals surface area contributed by atoms with Gasteiger partial charge in [0.1, 0.15) is 18.1 Å². The molecule has 3 aromatic rings. The minimum absolute atomic E-state index is 0.150. The van der Waals surface area contributed by atoms with E-state index in [1.54, 1.807) is 18.1 Å². The van der Waals surface area contributed by atoms with E-state index in [1.165, 1.54) is 0 Å². The molecule has 0 unspecified atom stereocenters. The van der Waals surface area contributed by atoms with Crippen molar-refractivity contribution in [2.24, 2.45) is 0 Å². The van der Waals surface area contributed by atoms with E-state index in [-0.39, 0.29) is 18.2 Å². The second-order valence-electron chi connectivity index (χ2n) is 6.18. The van der Waals surface area contributed by atoms with E-state index in [9.17, 15) is 4.79 Å². The van der Waals surface area contributed by atoms with Crippen LogP contribution in [0, 0.1) is 0 Å². The first kappa shape index (κ1) is 17.4. The number of morpholine rings is 1. The van der Waals surface area contributed by atoms with E-state index in [2.05, 4.69) is 5.16 Å². The normalized spacial score (nSPS) is 14.3.